The van der Waals surface area contributed by atoms with Crippen LogP contribution in [-0.4, -0.2) is 33.0 Å². The lowest BCUT2D eigenvalue weighted by Gasteiger charge is -2.18. The molecule has 0 aliphatic heterocycles. The highest BCUT2D eigenvalue weighted by atomic mass is 16.3. The molecule has 0 bridgehead atoms. The molecular formula is C10H16N2O3. The van der Waals surface area contributed by atoms with Gasteiger partial charge in [-0.15, -0.1) is 0 Å². The largest absolute Gasteiger partial charge is 0.397 e. The zero-order valence-electron chi connectivity index (χ0n) is 8.59. The number of pyridine rings is 1. The molecule has 1 aromatic rings. The van der Waals surface area contributed by atoms with Gasteiger partial charge in [-0.05, 0) is 25.5 Å². The number of rotatable bonds is 4. The summed E-state index contributed by atoms with van der Waals surface area (Å²) >= 11 is 0. The minimum atomic E-state index is -1.16. The van der Waals surface area contributed by atoms with E-state index in [0.29, 0.717) is 5.69 Å². The van der Waals surface area contributed by atoms with Crippen LogP contribution in [0.5, 0.6) is 0 Å². The smallest absolute Gasteiger partial charge is 0.124 e. The number of anilines is 1. The molecule has 84 valence electrons. The van der Waals surface area contributed by atoms with Crippen LogP contribution in [0, 0.1) is 6.92 Å². The van der Waals surface area contributed by atoms with Gasteiger partial charge < -0.3 is 21.1 Å². The Morgan fingerprint density at radius 2 is 2.07 bits per heavy atom. The van der Waals surface area contributed by atoms with Crippen LogP contribution in [0.25, 0.3) is 0 Å². The average Bonchev–Trinajstić information content (AvgIpc) is 2.21. The quantitative estimate of drug-likeness (QED) is 0.551. The predicted molar refractivity (Wildman–Crippen MR) is 56.1 cm³/mol. The number of nitrogens with two attached hydrogens (primary N) is 1. The molecule has 1 heterocycles. The molecule has 0 fully saturated rings. The number of hydrogen-bond donors (Lipinski definition) is 4. The number of aromatic nitrogens is 1. The molecule has 0 radical (unpaired) electrons. The first-order valence-corrected chi connectivity index (χ1v) is 4.76. The van der Waals surface area contributed by atoms with E-state index in [1.165, 1.54) is 0 Å². The third-order valence-corrected chi connectivity index (χ3v) is 2.17. The summed E-state index contributed by atoms with van der Waals surface area (Å²) in [6, 6.07) is 3.36. The molecule has 15 heavy (non-hydrogen) atoms. The lowest BCUT2D eigenvalue weighted by molar-refractivity contribution is 0.00228. The van der Waals surface area contributed by atoms with Crippen LogP contribution in [0.4, 0.5) is 5.69 Å². The van der Waals surface area contributed by atoms with Gasteiger partial charge in [0.1, 0.15) is 6.10 Å². The van der Waals surface area contributed by atoms with Crippen molar-refractivity contribution in [3.05, 3.63) is 23.5 Å². The normalized spacial score (nSPS) is 14.9. The van der Waals surface area contributed by atoms with Crippen molar-refractivity contribution in [2.45, 2.75) is 25.6 Å². The first kappa shape index (κ1) is 11.9. The van der Waals surface area contributed by atoms with Crippen LogP contribution >= 0.6 is 0 Å². The van der Waals surface area contributed by atoms with Crippen LogP contribution in [0.2, 0.25) is 0 Å². The fourth-order valence-electron chi connectivity index (χ4n) is 1.30. The number of aliphatic hydroxyl groups excluding tert-OH is 3. The van der Waals surface area contributed by atoms with E-state index in [2.05, 4.69) is 4.98 Å². The van der Waals surface area contributed by atoms with Crippen molar-refractivity contribution in [2.75, 3.05) is 12.3 Å². The predicted octanol–water partition coefficient (Wildman–Crippen LogP) is -0.251. The third-order valence-electron chi connectivity index (χ3n) is 2.17. The second-order valence-corrected chi connectivity index (χ2v) is 3.45. The lowest BCUT2D eigenvalue weighted by atomic mass is 10.1. The van der Waals surface area contributed by atoms with Gasteiger partial charge in [-0.25, -0.2) is 0 Å². The zero-order chi connectivity index (χ0) is 11.4. The highest BCUT2D eigenvalue weighted by Gasteiger charge is 2.21. The molecule has 0 spiro atoms. The molecule has 0 aliphatic carbocycles. The Morgan fingerprint density at radius 1 is 1.40 bits per heavy atom. The lowest BCUT2D eigenvalue weighted by Crippen LogP contribution is -2.21. The standard InChI is InChI=1S/C10H16N2O3/c1-6-2-3-7(11)9(12-6)10(15)8(14)4-5-13/h2-3,8,10,13-15H,4-5,11H2,1H3. The Hall–Kier alpha value is -1.17. The molecule has 5 heteroatoms. The molecule has 0 saturated carbocycles. The fraction of sp³-hybridized carbons (Fsp3) is 0.500. The number of nitrogen functional groups attached to an aromatic ring is 1. The Morgan fingerprint density at radius 3 is 2.67 bits per heavy atom. The van der Waals surface area contributed by atoms with E-state index in [-0.39, 0.29) is 18.7 Å². The van der Waals surface area contributed by atoms with E-state index in [0.717, 1.165) is 5.69 Å². The van der Waals surface area contributed by atoms with Crippen molar-refractivity contribution in [3.8, 4) is 0 Å². The van der Waals surface area contributed by atoms with Gasteiger partial charge in [0, 0.05) is 12.3 Å². The second-order valence-electron chi connectivity index (χ2n) is 3.45. The van der Waals surface area contributed by atoms with Gasteiger partial charge in [0.15, 0.2) is 0 Å². The summed E-state index contributed by atoms with van der Waals surface area (Å²) < 4.78 is 0. The summed E-state index contributed by atoms with van der Waals surface area (Å²) in [5, 5.41) is 27.8. The fourth-order valence-corrected chi connectivity index (χ4v) is 1.30. The SMILES string of the molecule is Cc1ccc(N)c(C(O)C(O)CCO)n1. The van der Waals surface area contributed by atoms with E-state index in [1.54, 1.807) is 19.1 Å². The molecule has 0 aromatic carbocycles. The molecule has 0 aliphatic rings. The van der Waals surface area contributed by atoms with Crippen molar-refractivity contribution < 1.29 is 15.3 Å². The molecule has 1 aromatic heterocycles. The molecule has 1 rings (SSSR count). The molecular weight excluding hydrogens is 196 g/mol. The van der Waals surface area contributed by atoms with E-state index >= 15 is 0 Å². The van der Waals surface area contributed by atoms with E-state index in [1.807, 2.05) is 0 Å². The Balaban J connectivity index is 2.89. The van der Waals surface area contributed by atoms with Gasteiger partial charge in [-0.3, -0.25) is 4.98 Å². The number of aliphatic hydroxyl groups is 3. The maximum atomic E-state index is 9.72. The molecule has 5 N–H and O–H groups in total. The molecule has 0 saturated heterocycles. The minimum absolute atomic E-state index is 0.0935. The van der Waals surface area contributed by atoms with Crippen LogP contribution in [0.1, 0.15) is 23.9 Å². The highest BCUT2D eigenvalue weighted by Crippen LogP contribution is 2.22. The first-order valence-electron chi connectivity index (χ1n) is 4.76. The first-order chi connectivity index (χ1) is 7.06. The van der Waals surface area contributed by atoms with E-state index in [4.69, 9.17) is 10.8 Å². The van der Waals surface area contributed by atoms with Crippen molar-refractivity contribution in [2.24, 2.45) is 0 Å². The monoisotopic (exact) mass is 212 g/mol. The summed E-state index contributed by atoms with van der Waals surface area (Å²) in [5.41, 5.74) is 6.94. The number of aryl methyl sites for hydroxylation is 1. The summed E-state index contributed by atoms with van der Waals surface area (Å²) in [4.78, 5) is 4.06. The van der Waals surface area contributed by atoms with Gasteiger partial charge >= 0.3 is 0 Å². The summed E-state index contributed by atoms with van der Waals surface area (Å²) in [6.45, 7) is 1.58. The topological polar surface area (TPSA) is 99.6 Å². The second kappa shape index (κ2) is 5.06. The molecule has 2 unspecified atom stereocenters. The van der Waals surface area contributed by atoms with Gasteiger partial charge in [-0.1, -0.05) is 0 Å². The van der Waals surface area contributed by atoms with Crippen molar-refractivity contribution in [1.82, 2.24) is 4.98 Å². The van der Waals surface area contributed by atoms with Crippen LogP contribution in [0.3, 0.4) is 0 Å². The van der Waals surface area contributed by atoms with Crippen LogP contribution in [0.15, 0.2) is 12.1 Å². The number of nitrogens with zero attached hydrogens (tertiary/aromatic N) is 1. The maximum absolute atomic E-state index is 9.72. The van der Waals surface area contributed by atoms with Gasteiger partial charge in [0.2, 0.25) is 0 Å². The van der Waals surface area contributed by atoms with Gasteiger partial charge in [-0.2, -0.15) is 0 Å². The Bertz CT molecular complexity index is 330. The highest BCUT2D eigenvalue weighted by molar-refractivity contribution is 5.44. The average molecular weight is 212 g/mol. The molecule has 0 amide bonds. The Kier molecular flexibility index (Phi) is 4.02. The minimum Gasteiger partial charge on any atom is -0.397 e. The van der Waals surface area contributed by atoms with E-state index < -0.39 is 12.2 Å². The van der Waals surface area contributed by atoms with Gasteiger partial charge in [0.05, 0.1) is 17.5 Å². The molecule has 5 nitrogen and oxygen atoms in total. The van der Waals surface area contributed by atoms with Crippen LogP contribution in [-0.2, 0) is 0 Å². The van der Waals surface area contributed by atoms with Crippen molar-refractivity contribution >= 4 is 5.69 Å². The molecule has 2 atom stereocenters. The zero-order valence-corrected chi connectivity index (χ0v) is 8.59. The summed E-state index contributed by atoms with van der Waals surface area (Å²) in [6.07, 6.45) is -2.11. The number of hydrogen-bond acceptors (Lipinski definition) is 5. The Labute approximate surface area is 88.2 Å². The third kappa shape index (κ3) is 2.89. The van der Waals surface area contributed by atoms with Crippen LogP contribution < -0.4 is 5.73 Å². The maximum Gasteiger partial charge on any atom is 0.124 e. The summed E-state index contributed by atoms with van der Waals surface area (Å²) in [5.74, 6) is 0. The van der Waals surface area contributed by atoms with Gasteiger partial charge in [0.25, 0.3) is 0 Å². The van der Waals surface area contributed by atoms with Crippen molar-refractivity contribution in [3.63, 3.8) is 0 Å². The van der Waals surface area contributed by atoms with E-state index in [9.17, 15) is 10.2 Å². The summed E-state index contributed by atoms with van der Waals surface area (Å²) in [7, 11) is 0. The van der Waals surface area contributed by atoms with Crippen molar-refractivity contribution in [1.29, 1.82) is 0 Å².